The highest BCUT2D eigenvalue weighted by Crippen LogP contribution is 2.19. The molecule has 8 nitrogen and oxygen atoms in total. The summed E-state index contributed by atoms with van der Waals surface area (Å²) in [6.07, 6.45) is 3.26. The Kier molecular flexibility index (Phi) is 3.79. The molecule has 0 saturated heterocycles. The Morgan fingerprint density at radius 3 is 2.53 bits per heavy atom. The van der Waals surface area contributed by atoms with Crippen molar-refractivity contribution in [2.24, 2.45) is 7.05 Å². The molecule has 0 radical (unpaired) electrons. The van der Waals surface area contributed by atoms with Crippen molar-refractivity contribution in [3.05, 3.63) is 12.4 Å². The molecule has 0 fully saturated rings. The third kappa shape index (κ3) is 3.54. The molecule has 0 aliphatic heterocycles. The number of aromatic nitrogens is 5. The summed E-state index contributed by atoms with van der Waals surface area (Å²) in [4.78, 5) is 12.3. The highest BCUT2D eigenvalue weighted by Gasteiger charge is 2.10. The van der Waals surface area contributed by atoms with E-state index in [1.807, 2.05) is 13.8 Å². The Labute approximate surface area is 110 Å². The maximum atomic E-state index is 5.50. The Morgan fingerprint density at radius 2 is 1.95 bits per heavy atom. The van der Waals surface area contributed by atoms with E-state index in [0.717, 1.165) is 0 Å². The van der Waals surface area contributed by atoms with Crippen LogP contribution in [0.5, 0.6) is 17.8 Å². The van der Waals surface area contributed by atoms with E-state index in [1.54, 1.807) is 31.2 Å². The van der Waals surface area contributed by atoms with Crippen molar-refractivity contribution in [2.45, 2.75) is 20.0 Å². The number of aryl methyl sites for hydroxylation is 1. The molecule has 2 aromatic rings. The second kappa shape index (κ2) is 5.51. The summed E-state index contributed by atoms with van der Waals surface area (Å²) in [6.45, 7) is 3.79. The molecular formula is C11H16N6O2. The molecule has 19 heavy (non-hydrogen) atoms. The van der Waals surface area contributed by atoms with Crippen molar-refractivity contribution < 1.29 is 9.47 Å². The van der Waals surface area contributed by atoms with Crippen LogP contribution >= 0.6 is 0 Å². The fourth-order valence-electron chi connectivity index (χ4n) is 1.32. The highest BCUT2D eigenvalue weighted by molar-refractivity contribution is 5.28. The van der Waals surface area contributed by atoms with Gasteiger partial charge in [-0.2, -0.15) is 15.1 Å². The third-order valence-corrected chi connectivity index (χ3v) is 2.05. The third-order valence-electron chi connectivity index (χ3n) is 2.05. The van der Waals surface area contributed by atoms with E-state index in [1.165, 1.54) is 0 Å². The van der Waals surface area contributed by atoms with Crippen molar-refractivity contribution in [2.75, 3.05) is 12.4 Å². The molecule has 0 saturated carbocycles. The Morgan fingerprint density at radius 1 is 1.21 bits per heavy atom. The largest absolute Gasteiger partial charge is 0.461 e. The summed E-state index contributed by atoms with van der Waals surface area (Å²) in [6, 6.07) is 0.372. The minimum Gasteiger partial charge on any atom is -0.461 e. The first kappa shape index (κ1) is 13.1. The molecule has 2 aromatic heterocycles. The number of nitrogens with one attached hydrogen (secondary N) is 1. The zero-order valence-electron chi connectivity index (χ0n) is 11.3. The number of anilines is 1. The van der Waals surface area contributed by atoms with Crippen molar-refractivity contribution in [1.29, 1.82) is 0 Å². The minimum absolute atomic E-state index is 0.0293. The lowest BCUT2D eigenvalue weighted by Crippen LogP contribution is -2.11. The van der Waals surface area contributed by atoms with Gasteiger partial charge in [0.15, 0.2) is 5.75 Å². The topological polar surface area (TPSA) is 87.0 Å². The Bertz CT molecular complexity index is 554. The smallest absolute Gasteiger partial charge is 0.330 e. The van der Waals surface area contributed by atoms with Crippen molar-refractivity contribution >= 4 is 5.95 Å². The average molecular weight is 264 g/mol. The molecule has 8 heteroatoms. The van der Waals surface area contributed by atoms with Gasteiger partial charge in [0.05, 0.1) is 18.5 Å². The molecule has 102 valence electrons. The summed E-state index contributed by atoms with van der Waals surface area (Å²) in [5, 5.41) is 6.83. The molecule has 1 N–H and O–H groups in total. The predicted molar refractivity (Wildman–Crippen MR) is 68.4 cm³/mol. The summed E-state index contributed by atoms with van der Waals surface area (Å²) >= 11 is 0. The minimum atomic E-state index is -0.0293. The molecule has 0 aliphatic carbocycles. The normalized spacial score (nSPS) is 10.6. The van der Waals surface area contributed by atoms with Gasteiger partial charge in [-0.3, -0.25) is 4.68 Å². The van der Waals surface area contributed by atoms with Crippen molar-refractivity contribution in [3.8, 4) is 17.8 Å². The highest BCUT2D eigenvalue weighted by atomic mass is 16.5. The maximum absolute atomic E-state index is 5.50. The van der Waals surface area contributed by atoms with Gasteiger partial charge in [0.2, 0.25) is 5.95 Å². The molecule has 2 heterocycles. The monoisotopic (exact) mass is 264 g/mol. The van der Waals surface area contributed by atoms with E-state index < -0.39 is 0 Å². The average Bonchev–Trinajstić information content (AvgIpc) is 2.73. The van der Waals surface area contributed by atoms with Crippen LogP contribution in [0.15, 0.2) is 12.4 Å². The van der Waals surface area contributed by atoms with E-state index in [9.17, 15) is 0 Å². The lowest BCUT2D eigenvalue weighted by molar-refractivity contribution is 0.218. The first-order valence-corrected chi connectivity index (χ1v) is 5.84. The summed E-state index contributed by atoms with van der Waals surface area (Å²) < 4.78 is 12.6. The Hall–Kier alpha value is -2.38. The van der Waals surface area contributed by atoms with Gasteiger partial charge in [0.25, 0.3) is 0 Å². The van der Waals surface area contributed by atoms with Crippen LogP contribution in [-0.2, 0) is 7.05 Å². The van der Waals surface area contributed by atoms with E-state index in [0.29, 0.717) is 11.7 Å². The van der Waals surface area contributed by atoms with Crippen LogP contribution in [0.3, 0.4) is 0 Å². The van der Waals surface area contributed by atoms with Crippen LogP contribution < -0.4 is 14.8 Å². The quantitative estimate of drug-likeness (QED) is 0.868. The second-order valence-corrected chi connectivity index (χ2v) is 4.09. The van der Waals surface area contributed by atoms with Gasteiger partial charge in [0.1, 0.15) is 0 Å². The fourth-order valence-corrected chi connectivity index (χ4v) is 1.32. The molecule has 0 aromatic carbocycles. The van der Waals surface area contributed by atoms with Crippen LogP contribution in [0.2, 0.25) is 0 Å². The second-order valence-electron chi connectivity index (χ2n) is 4.09. The van der Waals surface area contributed by atoms with Crippen LogP contribution in [0.1, 0.15) is 13.8 Å². The number of nitrogens with zero attached hydrogens (tertiary/aromatic N) is 5. The van der Waals surface area contributed by atoms with Crippen LogP contribution in [-0.4, -0.2) is 37.9 Å². The van der Waals surface area contributed by atoms with E-state index >= 15 is 0 Å². The van der Waals surface area contributed by atoms with Gasteiger partial charge in [-0.25, -0.2) is 0 Å². The lowest BCUT2D eigenvalue weighted by atomic mass is 10.5. The molecule has 2 rings (SSSR count). The van der Waals surface area contributed by atoms with Crippen LogP contribution in [0.25, 0.3) is 0 Å². The van der Waals surface area contributed by atoms with Crippen LogP contribution in [0.4, 0.5) is 5.95 Å². The summed E-state index contributed by atoms with van der Waals surface area (Å²) in [5.74, 6) is 0.927. The zero-order valence-corrected chi connectivity index (χ0v) is 11.3. The summed E-state index contributed by atoms with van der Waals surface area (Å²) in [5.41, 5.74) is 0. The van der Waals surface area contributed by atoms with Gasteiger partial charge in [-0.1, -0.05) is 0 Å². The number of rotatable bonds is 5. The summed E-state index contributed by atoms with van der Waals surface area (Å²) in [7, 11) is 3.51. The SMILES string of the molecule is CNc1nc(Oc2cnn(C)c2)nc(OC(C)C)n1. The Balaban J connectivity index is 2.23. The first-order valence-electron chi connectivity index (χ1n) is 5.84. The number of ether oxygens (including phenoxy) is 2. The molecular weight excluding hydrogens is 248 g/mol. The zero-order chi connectivity index (χ0) is 13.8. The molecule has 0 unspecified atom stereocenters. The van der Waals surface area contributed by atoms with E-state index in [4.69, 9.17) is 9.47 Å². The van der Waals surface area contributed by atoms with Gasteiger partial charge < -0.3 is 14.8 Å². The standard InChI is InChI=1S/C11H16N6O2/c1-7(2)18-10-14-9(12-3)15-11(16-10)19-8-5-13-17(4)6-8/h5-7H,1-4H3,(H,12,14,15,16). The molecule has 0 atom stereocenters. The van der Waals surface area contributed by atoms with E-state index in [2.05, 4.69) is 25.4 Å². The number of hydrogen-bond acceptors (Lipinski definition) is 7. The molecule has 0 spiro atoms. The van der Waals surface area contributed by atoms with Gasteiger partial charge in [0, 0.05) is 14.1 Å². The van der Waals surface area contributed by atoms with Crippen molar-refractivity contribution in [1.82, 2.24) is 24.7 Å². The molecule has 0 aliphatic rings. The molecule has 0 amide bonds. The van der Waals surface area contributed by atoms with Gasteiger partial charge >= 0.3 is 12.0 Å². The van der Waals surface area contributed by atoms with Gasteiger partial charge in [-0.15, -0.1) is 4.98 Å². The predicted octanol–water partition coefficient (Wildman–Crippen LogP) is 1.23. The van der Waals surface area contributed by atoms with Gasteiger partial charge in [-0.05, 0) is 13.8 Å². The molecule has 0 bridgehead atoms. The first-order chi connectivity index (χ1) is 9.06. The maximum Gasteiger partial charge on any atom is 0.330 e. The van der Waals surface area contributed by atoms with E-state index in [-0.39, 0.29) is 18.1 Å². The lowest BCUT2D eigenvalue weighted by Gasteiger charge is -2.09. The fraction of sp³-hybridized carbons (Fsp3) is 0.455. The van der Waals surface area contributed by atoms with Crippen LogP contribution in [0, 0.1) is 0 Å². The van der Waals surface area contributed by atoms with Crippen molar-refractivity contribution in [3.63, 3.8) is 0 Å². The number of hydrogen-bond donors (Lipinski definition) is 1.